The highest BCUT2D eigenvalue weighted by atomic mass is 79.9. The number of hydrogen-bond donors (Lipinski definition) is 0. The number of fused-ring (bicyclic) bond motifs is 1. The summed E-state index contributed by atoms with van der Waals surface area (Å²) in [4.78, 5) is 0. The molecule has 68 valence electrons. The Kier molecular flexibility index (Phi) is 2.04. The zero-order valence-electron chi connectivity index (χ0n) is 7.54. The lowest BCUT2D eigenvalue weighted by Crippen LogP contribution is -1.87. The highest BCUT2D eigenvalue weighted by Crippen LogP contribution is 2.26. The van der Waals surface area contributed by atoms with Gasteiger partial charge in [0.05, 0.1) is 17.2 Å². The van der Waals surface area contributed by atoms with E-state index in [1.165, 1.54) is 10.9 Å². The number of hydrogen-bond acceptors (Lipinski definition) is 1. The van der Waals surface area contributed by atoms with Gasteiger partial charge in [-0.2, -0.15) is 0 Å². The topological polar surface area (TPSA) is 14.2 Å². The predicted molar refractivity (Wildman–Crippen MR) is 57.2 cm³/mol. The van der Waals surface area contributed by atoms with Crippen molar-refractivity contribution in [2.75, 3.05) is 7.11 Å². The van der Waals surface area contributed by atoms with Crippen molar-refractivity contribution in [1.29, 1.82) is 0 Å². The largest absolute Gasteiger partial charge is 0.497 e. The van der Waals surface area contributed by atoms with Crippen LogP contribution in [0.1, 0.15) is 0 Å². The van der Waals surface area contributed by atoms with Crippen LogP contribution in [0.25, 0.3) is 10.9 Å². The van der Waals surface area contributed by atoms with Crippen LogP contribution in [0, 0.1) is 0 Å². The smallest absolute Gasteiger partial charge is 0.120 e. The average molecular weight is 240 g/mol. The maximum absolute atomic E-state index is 5.16. The van der Waals surface area contributed by atoms with Crippen LogP contribution in [-0.4, -0.2) is 11.7 Å². The zero-order valence-corrected chi connectivity index (χ0v) is 9.13. The second kappa shape index (κ2) is 3.07. The van der Waals surface area contributed by atoms with Crippen LogP contribution in [0.2, 0.25) is 0 Å². The second-order valence-corrected chi connectivity index (χ2v) is 3.76. The molecule has 3 heteroatoms. The maximum atomic E-state index is 5.16. The van der Waals surface area contributed by atoms with E-state index in [-0.39, 0.29) is 0 Å². The summed E-state index contributed by atoms with van der Waals surface area (Å²) in [6.45, 7) is 0. The summed E-state index contributed by atoms with van der Waals surface area (Å²) in [6.07, 6.45) is 0. The maximum Gasteiger partial charge on any atom is 0.120 e. The molecule has 0 fully saturated rings. The monoisotopic (exact) mass is 239 g/mol. The van der Waals surface area contributed by atoms with Crippen LogP contribution in [0.3, 0.4) is 0 Å². The first-order valence-corrected chi connectivity index (χ1v) is 4.80. The molecule has 2 rings (SSSR count). The summed E-state index contributed by atoms with van der Waals surface area (Å²) < 4.78 is 8.32. The molecule has 0 spiro atoms. The third kappa shape index (κ3) is 1.33. The van der Waals surface area contributed by atoms with Crippen LogP contribution in [0.5, 0.6) is 5.75 Å². The molecule has 2 nitrogen and oxygen atoms in total. The molecule has 1 aromatic carbocycles. The number of ether oxygens (including phenoxy) is 1. The zero-order chi connectivity index (χ0) is 9.42. The lowest BCUT2D eigenvalue weighted by Gasteiger charge is -2.01. The van der Waals surface area contributed by atoms with Gasteiger partial charge in [-0.25, -0.2) is 0 Å². The molecule has 0 aliphatic carbocycles. The van der Waals surface area contributed by atoms with E-state index in [1.54, 1.807) is 7.11 Å². The Bertz CT molecular complexity index is 447. The molecule has 0 unspecified atom stereocenters. The third-order valence-electron chi connectivity index (χ3n) is 2.19. The summed E-state index contributed by atoms with van der Waals surface area (Å²) in [5.41, 5.74) is 1.17. The van der Waals surface area contributed by atoms with Crippen molar-refractivity contribution in [2.24, 2.45) is 7.05 Å². The van der Waals surface area contributed by atoms with Gasteiger partial charge in [-0.3, -0.25) is 0 Å². The van der Waals surface area contributed by atoms with Gasteiger partial charge in [0.15, 0.2) is 0 Å². The number of rotatable bonds is 1. The molecule has 0 radical (unpaired) electrons. The normalized spacial score (nSPS) is 10.7. The Labute approximate surface area is 85.2 Å². The minimum Gasteiger partial charge on any atom is -0.497 e. The Morgan fingerprint density at radius 3 is 2.77 bits per heavy atom. The van der Waals surface area contributed by atoms with Crippen LogP contribution in [0.4, 0.5) is 0 Å². The molecule has 0 saturated heterocycles. The summed E-state index contributed by atoms with van der Waals surface area (Å²) >= 11 is 3.48. The number of aromatic nitrogens is 1. The van der Waals surface area contributed by atoms with Gasteiger partial charge in [0.1, 0.15) is 5.75 Å². The van der Waals surface area contributed by atoms with Crippen molar-refractivity contribution in [3.8, 4) is 5.75 Å². The van der Waals surface area contributed by atoms with Crippen LogP contribution in [-0.2, 0) is 7.05 Å². The summed E-state index contributed by atoms with van der Waals surface area (Å²) in [5, 5.41) is 1.22. The molecular formula is C10H10BrNO. The fourth-order valence-corrected chi connectivity index (χ4v) is 1.84. The predicted octanol–water partition coefficient (Wildman–Crippen LogP) is 2.95. The fraction of sp³-hybridized carbons (Fsp3) is 0.200. The average Bonchev–Trinajstić information content (AvgIpc) is 2.43. The molecule has 0 N–H and O–H groups in total. The van der Waals surface area contributed by atoms with E-state index in [0.29, 0.717) is 0 Å². The van der Waals surface area contributed by atoms with Crippen molar-refractivity contribution in [3.05, 3.63) is 28.9 Å². The summed E-state index contributed by atoms with van der Waals surface area (Å²) in [5.74, 6) is 0.890. The first kappa shape index (κ1) is 8.63. The highest BCUT2D eigenvalue weighted by Gasteiger charge is 2.03. The first-order chi connectivity index (χ1) is 6.22. The lowest BCUT2D eigenvalue weighted by atomic mass is 10.2. The van der Waals surface area contributed by atoms with E-state index < -0.39 is 0 Å². The van der Waals surface area contributed by atoms with E-state index in [0.717, 1.165) is 10.4 Å². The van der Waals surface area contributed by atoms with Crippen molar-refractivity contribution < 1.29 is 4.74 Å². The standard InChI is InChI=1S/C10H10BrNO/c1-12-9-6-8(13-2)4-3-7(9)5-10(12)11/h3-6H,1-2H3. The van der Waals surface area contributed by atoms with Gasteiger partial charge in [-0.1, -0.05) is 0 Å². The van der Waals surface area contributed by atoms with Gasteiger partial charge in [0.25, 0.3) is 0 Å². The van der Waals surface area contributed by atoms with Gasteiger partial charge in [-0.05, 0) is 34.1 Å². The molecule has 0 amide bonds. The second-order valence-electron chi connectivity index (χ2n) is 2.95. The highest BCUT2D eigenvalue weighted by molar-refractivity contribution is 9.10. The van der Waals surface area contributed by atoms with Gasteiger partial charge in [0.2, 0.25) is 0 Å². The van der Waals surface area contributed by atoms with Crippen LogP contribution in [0.15, 0.2) is 28.9 Å². The number of methoxy groups -OCH3 is 1. The molecule has 1 aromatic heterocycles. The van der Waals surface area contributed by atoms with Crippen molar-refractivity contribution in [3.63, 3.8) is 0 Å². The fourth-order valence-electron chi connectivity index (χ4n) is 1.40. The minimum atomic E-state index is 0.890. The Balaban J connectivity index is 2.75. The van der Waals surface area contributed by atoms with E-state index in [1.807, 2.05) is 19.2 Å². The van der Waals surface area contributed by atoms with E-state index in [4.69, 9.17) is 4.74 Å². The minimum absolute atomic E-state index is 0.890. The molecule has 0 saturated carbocycles. The van der Waals surface area contributed by atoms with E-state index >= 15 is 0 Å². The number of halogens is 1. The van der Waals surface area contributed by atoms with Gasteiger partial charge < -0.3 is 9.30 Å². The number of nitrogens with zero attached hydrogens (tertiary/aromatic N) is 1. The molecule has 13 heavy (non-hydrogen) atoms. The SMILES string of the molecule is COc1ccc2cc(Br)n(C)c2c1. The van der Waals surface area contributed by atoms with Crippen LogP contribution < -0.4 is 4.74 Å². The molecule has 0 bridgehead atoms. The quantitative estimate of drug-likeness (QED) is 0.747. The first-order valence-electron chi connectivity index (χ1n) is 4.01. The van der Waals surface area contributed by atoms with Gasteiger partial charge >= 0.3 is 0 Å². The summed E-state index contributed by atoms with van der Waals surface area (Å²) in [6, 6.07) is 8.14. The molecule has 2 aromatic rings. The Hall–Kier alpha value is -0.960. The van der Waals surface area contributed by atoms with Crippen molar-refractivity contribution in [2.45, 2.75) is 0 Å². The Morgan fingerprint density at radius 2 is 2.08 bits per heavy atom. The number of benzene rings is 1. The summed E-state index contributed by atoms with van der Waals surface area (Å²) in [7, 11) is 3.70. The molecule has 0 aliphatic heterocycles. The van der Waals surface area contributed by atoms with Gasteiger partial charge in [0, 0.05) is 18.5 Å². The van der Waals surface area contributed by atoms with Crippen molar-refractivity contribution >= 4 is 26.8 Å². The molecule has 0 atom stereocenters. The number of aryl methyl sites for hydroxylation is 1. The molecule has 0 aliphatic rings. The van der Waals surface area contributed by atoms with Crippen molar-refractivity contribution in [1.82, 2.24) is 4.57 Å². The van der Waals surface area contributed by atoms with E-state index in [2.05, 4.69) is 32.6 Å². The lowest BCUT2D eigenvalue weighted by molar-refractivity contribution is 0.415. The third-order valence-corrected chi connectivity index (χ3v) is 2.95. The van der Waals surface area contributed by atoms with E-state index in [9.17, 15) is 0 Å². The Morgan fingerprint density at radius 1 is 1.31 bits per heavy atom. The van der Waals surface area contributed by atoms with Gasteiger partial charge in [-0.15, -0.1) is 0 Å². The molecule has 1 heterocycles. The molecular weight excluding hydrogens is 230 g/mol. The van der Waals surface area contributed by atoms with Crippen LogP contribution >= 0.6 is 15.9 Å².